The third-order valence-corrected chi connectivity index (χ3v) is 7.66. The molecule has 0 aliphatic heterocycles. The third kappa shape index (κ3) is 8.70. The number of carbonyl (C=O) groups excluding carboxylic acids is 3. The first kappa shape index (κ1) is 29.4. The van der Waals surface area contributed by atoms with Gasteiger partial charge in [0.1, 0.15) is 5.70 Å². The van der Waals surface area contributed by atoms with Gasteiger partial charge < -0.3 is 16.0 Å². The van der Waals surface area contributed by atoms with E-state index in [-0.39, 0.29) is 16.9 Å². The molecule has 0 saturated carbocycles. The van der Waals surface area contributed by atoms with Crippen molar-refractivity contribution >= 4 is 81.1 Å². The summed E-state index contributed by atoms with van der Waals surface area (Å²) in [6.45, 7) is 1.82. The van der Waals surface area contributed by atoms with Crippen molar-refractivity contribution in [3.63, 3.8) is 0 Å². The molecule has 1 atom stereocenters. The summed E-state index contributed by atoms with van der Waals surface area (Å²) in [6.07, 6.45) is 1.59. The number of nitrogens with one attached hydrogen (secondary N) is 3. The number of hydrogen-bond acceptors (Lipinski definition) is 4. The number of anilines is 2. The van der Waals surface area contributed by atoms with Crippen molar-refractivity contribution in [2.45, 2.75) is 17.1 Å². The lowest BCUT2D eigenvalue weighted by Gasteiger charge is -2.14. The van der Waals surface area contributed by atoms with Gasteiger partial charge >= 0.3 is 0 Å². The molecule has 40 heavy (non-hydrogen) atoms. The van der Waals surface area contributed by atoms with Crippen LogP contribution in [0.2, 0.25) is 5.02 Å². The predicted molar refractivity (Wildman–Crippen MR) is 172 cm³/mol. The summed E-state index contributed by atoms with van der Waals surface area (Å²) in [4.78, 5) is 39.7. The molecule has 0 saturated heterocycles. The van der Waals surface area contributed by atoms with E-state index >= 15 is 0 Å². The van der Waals surface area contributed by atoms with E-state index in [2.05, 4.69) is 38.5 Å². The van der Waals surface area contributed by atoms with Crippen molar-refractivity contribution in [3.8, 4) is 0 Å². The van der Waals surface area contributed by atoms with E-state index < -0.39 is 11.8 Å². The Labute approximate surface area is 255 Å². The average molecular weight is 682 g/mol. The quantitative estimate of drug-likeness (QED) is 0.0972. The van der Waals surface area contributed by atoms with E-state index in [1.54, 1.807) is 72.8 Å². The molecule has 9 heteroatoms. The van der Waals surface area contributed by atoms with E-state index in [0.29, 0.717) is 21.8 Å². The highest BCUT2D eigenvalue weighted by Crippen LogP contribution is 2.27. The fraction of sp³-hybridized carbons (Fsp3) is 0.0645. The molecule has 0 aliphatic carbocycles. The molecule has 0 spiro atoms. The van der Waals surface area contributed by atoms with Crippen molar-refractivity contribution in [1.29, 1.82) is 0 Å². The molecule has 0 radical (unpaired) electrons. The van der Waals surface area contributed by atoms with Gasteiger partial charge in [-0.3, -0.25) is 14.4 Å². The van der Waals surface area contributed by atoms with Crippen LogP contribution in [0.3, 0.4) is 0 Å². The van der Waals surface area contributed by atoms with Crippen molar-refractivity contribution in [2.75, 3.05) is 10.6 Å². The smallest absolute Gasteiger partial charge is 0.272 e. The molecular weight excluding hydrogens is 657 g/mol. The van der Waals surface area contributed by atoms with E-state index in [1.807, 2.05) is 43.3 Å². The van der Waals surface area contributed by atoms with Gasteiger partial charge in [0.25, 0.3) is 11.8 Å². The van der Waals surface area contributed by atoms with E-state index in [9.17, 15) is 14.4 Å². The summed E-state index contributed by atoms with van der Waals surface area (Å²) in [5.41, 5.74) is 2.44. The van der Waals surface area contributed by atoms with Gasteiger partial charge in [-0.1, -0.05) is 48.0 Å². The first-order valence-corrected chi connectivity index (χ1v) is 14.6. The minimum Gasteiger partial charge on any atom is -0.325 e. The lowest BCUT2D eigenvalue weighted by Crippen LogP contribution is -2.30. The van der Waals surface area contributed by atoms with E-state index in [0.717, 1.165) is 14.2 Å². The van der Waals surface area contributed by atoms with Crippen molar-refractivity contribution in [2.24, 2.45) is 0 Å². The first-order valence-electron chi connectivity index (χ1n) is 12.2. The Hall–Kier alpha value is -3.60. The average Bonchev–Trinajstić information content (AvgIpc) is 2.95. The van der Waals surface area contributed by atoms with E-state index in [1.165, 1.54) is 11.8 Å². The Balaban J connectivity index is 1.47. The minimum atomic E-state index is -0.495. The number of thioether (sulfide) groups is 1. The number of halogens is 2. The van der Waals surface area contributed by atoms with Crippen LogP contribution in [0, 0.1) is 3.57 Å². The molecule has 0 heterocycles. The van der Waals surface area contributed by atoms with Gasteiger partial charge in [0, 0.05) is 30.4 Å². The molecule has 4 aromatic rings. The molecule has 3 amide bonds. The standard InChI is InChI=1S/C31H25ClIN3O3S/c1-20(29(37)34-25-16-14-24(33)15-17-25)40-27-9-5-8-26(19-27)35-31(39)28(18-21-10-12-23(32)13-11-21)36-30(38)22-6-3-2-4-7-22/h2-20H,1H3,(H,34,37)(H,35,39)(H,36,38)/b28-18-. The maximum absolute atomic E-state index is 13.3. The molecule has 4 aromatic carbocycles. The summed E-state index contributed by atoms with van der Waals surface area (Å²) in [5, 5.41) is 8.68. The summed E-state index contributed by atoms with van der Waals surface area (Å²) < 4.78 is 1.09. The highest BCUT2D eigenvalue weighted by atomic mass is 127. The Bertz CT molecular complexity index is 1530. The Morgan fingerprint density at radius 2 is 1.52 bits per heavy atom. The maximum Gasteiger partial charge on any atom is 0.272 e. The fourth-order valence-electron chi connectivity index (χ4n) is 3.55. The first-order chi connectivity index (χ1) is 19.3. The highest BCUT2D eigenvalue weighted by Gasteiger charge is 2.17. The summed E-state index contributed by atoms with van der Waals surface area (Å²) in [5.74, 6) is -1.03. The number of benzene rings is 4. The van der Waals surface area contributed by atoms with Crippen molar-refractivity contribution in [3.05, 3.63) is 129 Å². The largest absolute Gasteiger partial charge is 0.325 e. The van der Waals surface area contributed by atoms with Gasteiger partial charge in [0.15, 0.2) is 0 Å². The molecule has 4 rings (SSSR count). The number of carbonyl (C=O) groups is 3. The van der Waals surface area contributed by atoms with Gasteiger partial charge in [-0.15, -0.1) is 11.8 Å². The lowest BCUT2D eigenvalue weighted by atomic mass is 10.1. The Morgan fingerprint density at radius 3 is 2.23 bits per heavy atom. The Morgan fingerprint density at radius 1 is 0.825 bits per heavy atom. The highest BCUT2D eigenvalue weighted by molar-refractivity contribution is 14.1. The van der Waals surface area contributed by atoms with Crippen LogP contribution in [0.5, 0.6) is 0 Å². The Kier molecular flexibility index (Phi) is 10.4. The zero-order valence-corrected chi connectivity index (χ0v) is 25.1. The topological polar surface area (TPSA) is 87.3 Å². The van der Waals surface area contributed by atoms with Crippen molar-refractivity contribution < 1.29 is 14.4 Å². The molecule has 3 N–H and O–H groups in total. The number of rotatable bonds is 9. The SMILES string of the molecule is CC(Sc1cccc(NC(=O)/C(=C/c2ccc(Cl)cc2)NC(=O)c2ccccc2)c1)C(=O)Nc1ccc(I)cc1. The van der Waals surface area contributed by atoms with Crippen LogP contribution < -0.4 is 16.0 Å². The van der Waals surface area contributed by atoms with Crippen LogP contribution in [-0.2, 0) is 9.59 Å². The number of hydrogen-bond donors (Lipinski definition) is 3. The maximum atomic E-state index is 13.3. The molecule has 1 unspecified atom stereocenters. The van der Waals surface area contributed by atoms with Gasteiger partial charge in [-0.2, -0.15) is 0 Å². The minimum absolute atomic E-state index is 0.0690. The van der Waals surface area contributed by atoms with E-state index in [4.69, 9.17) is 11.6 Å². The van der Waals surface area contributed by atoms with Crippen LogP contribution in [0.15, 0.2) is 114 Å². The normalized spacial score (nSPS) is 11.8. The molecular formula is C31H25ClIN3O3S. The lowest BCUT2D eigenvalue weighted by molar-refractivity contribution is -0.115. The fourth-order valence-corrected chi connectivity index (χ4v) is 4.96. The summed E-state index contributed by atoms with van der Waals surface area (Å²) in [7, 11) is 0. The molecule has 6 nitrogen and oxygen atoms in total. The molecule has 0 aromatic heterocycles. The predicted octanol–water partition coefficient (Wildman–Crippen LogP) is 7.47. The molecule has 0 bridgehead atoms. The molecule has 202 valence electrons. The van der Waals surface area contributed by atoms with Gasteiger partial charge in [0.2, 0.25) is 5.91 Å². The van der Waals surface area contributed by atoms with Crippen LogP contribution in [0.25, 0.3) is 6.08 Å². The van der Waals surface area contributed by atoms with Crippen LogP contribution in [-0.4, -0.2) is 23.0 Å². The number of amides is 3. The van der Waals surface area contributed by atoms with Gasteiger partial charge in [-0.25, -0.2) is 0 Å². The van der Waals surface area contributed by atoms with Crippen molar-refractivity contribution in [1.82, 2.24) is 5.32 Å². The zero-order valence-electron chi connectivity index (χ0n) is 21.4. The second-order valence-electron chi connectivity index (χ2n) is 8.67. The second-order valence-corrected chi connectivity index (χ2v) is 11.8. The van der Waals surface area contributed by atoms with Crippen LogP contribution in [0.1, 0.15) is 22.8 Å². The van der Waals surface area contributed by atoms with Gasteiger partial charge in [-0.05, 0) is 108 Å². The van der Waals surface area contributed by atoms with Gasteiger partial charge in [0.05, 0.1) is 5.25 Å². The summed E-state index contributed by atoms with van der Waals surface area (Å²) in [6, 6.07) is 30.4. The zero-order chi connectivity index (χ0) is 28.5. The molecule has 0 fully saturated rings. The summed E-state index contributed by atoms with van der Waals surface area (Å²) >= 11 is 9.59. The third-order valence-electron chi connectivity index (χ3n) is 5.60. The molecule has 0 aliphatic rings. The van der Waals surface area contributed by atoms with Crippen LogP contribution >= 0.6 is 46.0 Å². The monoisotopic (exact) mass is 681 g/mol. The van der Waals surface area contributed by atoms with Crippen LogP contribution in [0.4, 0.5) is 11.4 Å². The second kappa shape index (κ2) is 14.2.